The molecule has 6 aliphatic rings. The van der Waals surface area contributed by atoms with E-state index in [2.05, 4.69) is 150 Å². The number of allylic oxidation sites excluding steroid dienone is 9. The fraction of sp³-hybridized carbons (Fsp3) is 0.275. The quantitative estimate of drug-likeness (QED) is 0.377. The van der Waals surface area contributed by atoms with Crippen molar-refractivity contribution in [3.63, 3.8) is 0 Å². The van der Waals surface area contributed by atoms with Gasteiger partial charge in [-0.1, -0.05) is 122 Å². The van der Waals surface area contributed by atoms with Gasteiger partial charge in [-0.3, -0.25) is 5.32 Å². The molecule has 0 aromatic heterocycles. The van der Waals surface area contributed by atoms with Gasteiger partial charge in [0.1, 0.15) is 18.2 Å². The Morgan fingerprint density at radius 1 is 0.750 bits per heavy atom. The second kappa shape index (κ2) is 11.6. The maximum atomic E-state index is 5.49. The van der Waals surface area contributed by atoms with Gasteiger partial charge >= 0.3 is 0 Å². The molecule has 8 rings (SSSR count). The molecule has 6 unspecified atom stereocenters. The standard InChI is InChI=1S/C40H40N4/c1-27-31(28-15-5-2-6-16-28)25-26-36(44-34-23-13-11-21-32(34)33-22-12-14-24-35(33)44)37(27)40-42-38(29-17-7-3-8-18-29)41-39(43-40)30-19-9-4-10-20-30/h2-9,11,13-19,21,23-27,31-32,34,38-39,41H,10,12,20,22H2,1H3,(H,42,43). The molecule has 0 amide bonds. The first-order valence-electron chi connectivity index (χ1n) is 16.3. The fourth-order valence-corrected chi connectivity index (χ4v) is 7.90. The maximum Gasteiger partial charge on any atom is 0.130 e. The lowest BCUT2D eigenvalue weighted by Gasteiger charge is -2.41. The van der Waals surface area contributed by atoms with E-state index in [1.807, 2.05) is 0 Å². The summed E-state index contributed by atoms with van der Waals surface area (Å²) in [4.78, 5) is 8.12. The van der Waals surface area contributed by atoms with E-state index in [4.69, 9.17) is 4.99 Å². The van der Waals surface area contributed by atoms with Crippen LogP contribution < -0.4 is 10.6 Å². The molecule has 2 aliphatic heterocycles. The van der Waals surface area contributed by atoms with Gasteiger partial charge in [-0.2, -0.15) is 0 Å². The third-order valence-corrected chi connectivity index (χ3v) is 10.1. The molecule has 6 atom stereocenters. The largest absolute Gasteiger partial charge is 0.351 e. The molecule has 0 radical (unpaired) electrons. The Hall–Kier alpha value is -4.41. The van der Waals surface area contributed by atoms with Crippen molar-refractivity contribution in [3.05, 3.63) is 167 Å². The minimum absolute atomic E-state index is 0.00729. The van der Waals surface area contributed by atoms with Gasteiger partial charge < -0.3 is 10.2 Å². The summed E-state index contributed by atoms with van der Waals surface area (Å²) in [7, 11) is 0. The lowest BCUT2D eigenvalue weighted by atomic mass is 9.77. The van der Waals surface area contributed by atoms with Crippen LogP contribution in [0.5, 0.6) is 0 Å². The predicted molar refractivity (Wildman–Crippen MR) is 180 cm³/mol. The molecule has 2 aromatic rings. The van der Waals surface area contributed by atoms with E-state index in [9.17, 15) is 0 Å². The maximum absolute atomic E-state index is 5.49. The summed E-state index contributed by atoms with van der Waals surface area (Å²) in [6.45, 7) is 2.40. The minimum Gasteiger partial charge on any atom is -0.351 e. The number of hydrogen-bond acceptors (Lipinski definition) is 4. The van der Waals surface area contributed by atoms with Crippen LogP contribution in [0.2, 0.25) is 0 Å². The number of nitrogens with one attached hydrogen (secondary N) is 2. The van der Waals surface area contributed by atoms with Gasteiger partial charge in [0.25, 0.3) is 0 Å². The molecule has 0 bridgehead atoms. The van der Waals surface area contributed by atoms with Crippen LogP contribution in [0.25, 0.3) is 0 Å². The van der Waals surface area contributed by atoms with Crippen molar-refractivity contribution in [3.8, 4) is 0 Å². The summed E-state index contributed by atoms with van der Waals surface area (Å²) >= 11 is 0. The van der Waals surface area contributed by atoms with E-state index in [-0.39, 0.29) is 30.2 Å². The van der Waals surface area contributed by atoms with Crippen molar-refractivity contribution < 1.29 is 0 Å². The van der Waals surface area contributed by atoms with Gasteiger partial charge in [0.2, 0.25) is 0 Å². The lowest BCUT2D eigenvalue weighted by Crippen LogP contribution is -2.53. The lowest BCUT2D eigenvalue weighted by molar-refractivity contribution is 0.368. The molecule has 0 saturated carbocycles. The topological polar surface area (TPSA) is 39.7 Å². The average molecular weight is 577 g/mol. The summed E-state index contributed by atoms with van der Waals surface area (Å²) < 4.78 is 0. The number of amidine groups is 1. The van der Waals surface area contributed by atoms with Crippen molar-refractivity contribution in [1.29, 1.82) is 0 Å². The molecular formula is C40H40N4. The van der Waals surface area contributed by atoms with Crippen molar-refractivity contribution in [1.82, 2.24) is 15.5 Å². The zero-order chi connectivity index (χ0) is 29.5. The molecule has 0 spiro atoms. The van der Waals surface area contributed by atoms with Crippen LogP contribution in [0.1, 0.15) is 55.8 Å². The third kappa shape index (κ3) is 4.78. The summed E-state index contributed by atoms with van der Waals surface area (Å²) in [6, 6.07) is 21.9. The summed E-state index contributed by atoms with van der Waals surface area (Å²) in [5.74, 6) is 1.90. The predicted octanol–water partition coefficient (Wildman–Crippen LogP) is 8.15. The van der Waals surface area contributed by atoms with Crippen LogP contribution in [-0.2, 0) is 0 Å². The zero-order valence-corrected chi connectivity index (χ0v) is 25.3. The Morgan fingerprint density at radius 3 is 2.32 bits per heavy atom. The SMILES string of the molecule is CC1C(C2=NC(c3ccccc3)NC(C3=CC=CCC3)N2)=C(N2C3=C(CCC=C3)C3C=CC=CC32)C=CC1c1ccccc1. The van der Waals surface area contributed by atoms with E-state index in [1.165, 1.54) is 33.7 Å². The van der Waals surface area contributed by atoms with Crippen LogP contribution in [-0.4, -0.2) is 22.9 Å². The van der Waals surface area contributed by atoms with Crippen molar-refractivity contribution in [2.75, 3.05) is 0 Å². The first-order chi connectivity index (χ1) is 21.8. The number of hydrogen-bond donors (Lipinski definition) is 2. The highest BCUT2D eigenvalue weighted by Gasteiger charge is 2.43. The Kier molecular flexibility index (Phi) is 7.15. The van der Waals surface area contributed by atoms with E-state index in [0.29, 0.717) is 5.92 Å². The van der Waals surface area contributed by atoms with E-state index in [1.54, 1.807) is 5.57 Å². The molecule has 4 aliphatic carbocycles. The molecule has 4 nitrogen and oxygen atoms in total. The smallest absolute Gasteiger partial charge is 0.130 e. The highest BCUT2D eigenvalue weighted by molar-refractivity contribution is 6.01. The van der Waals surface area contributed by atoms with E-state index < -0.39 is 0 Å². The molecular weight excluding hydrogens is 536 g/mol. The van der Waals surface area contributed by atoms with Crippen molar-refractivity contribution in [2.24, 2.45) is 16.8 Å². The Morgan fingerprint density at radius 2 is 1.52 bits per heavy atom. The monoisotopic (exact) mass is 576 g/mol. The molecule has 0 fully saturated rings. The van der Waals surface area contributed by atoms with Crippen LogP contribution >= 0.6 is 0 Å². The third-order valence-electron chi connectivity index (χ3n) is 10.1. The molecule has 2 N–H and O–H groups in total. The number of benzene rings is 2. The number of rotatable bonds is 5. The fourth-order valence-electron chi connectivity index (χ4n) is 7.90. The normalized spacial score (nSPS) is 30.6. The Labute approximate surface area is 261 Å². The second-order valence-electron chi connectivity index (χ2n) is 12.6. The van der Waals surface area contributed by atoms with E-state index >= 15 is 0 Å². The van der Waals surface area contributed by atoms with Crippen LogP contribution in [0, 0.1) is 11.8 Å². The first kappa shape index (κ1) is 27.2. The number of aliphatic imine (C=N–C) groups is 1. The van der Waals surface area contributed by atoms with Gasteiger partial charge in [-0.15, -0.1) is 0 Å². The average Bonchev–Trinajstić information content (AvgIpc) is 3.43. The van der Waals surface area contributed by atoms with Crippen LogP contribution in [0.3, 0.4) is 0 Å². The first-order valence-corrected chi connectivity index (χ1v) is 16.3. The minimum atomic E-state index is -0.139. The highest BCUT2D eigenvalue weighted by Crippen LogP contribution is 2.48. The Balaban J connectivity index is 1.30. The molecule has 4 heteroatoms. The number of fused-ring (bicyclic) bond motifs is 2. The molecule has 2 aromatic carbocycles. The van der Waals surface area contributed by atoms with Gasteiger partial charge in [0, 0.05) is 28.8 Å². The summed E-state index contributed by atoms with van der Waals surface area (Å²) in [5, 5.41) is 7.79. The van der Waals surface area contributed by atoms with Crippen LogP contribution in [0.15, 0.2) is 161 Å². The molecule has 0 saturated heterocycles. The molecule has 44 heavy (non-hydrogen) atoms. The van der Waals surface area contributed by atoms with E-state index in [0.717, 1.165) is 31.5 Å². The van der Waals surface area contributed by atoms with Crippen LogP contribution in [0.4, 0.5) is 0 Å². The highest BCUT2D eigenvalue weighted by atomic mass is 15.3. The molecule has 220 valence electrons. The molecule has 2 heterocycles. The zero-order valence-electron chi connectivity index (χ0n) is 25.3. The summed E-state index contributed by atoms with van der Waals surface area (Å²) in [5.41, 5.74) is 9.42. The van der Waals surface area contributed by atoms with Gasteiger partial charge in [0.15, 0.2) is 0 Å². The van der Waals surface area contributed by atoms with Crippen molar-refractivity contribution in [2.45, 2.75) is 56.9 Å². The summed E-state index contributed by atoms with van der Waals surface area (Å²) in [6.07, 6.45) is 29.8. The van der Waals surface area contributed by atoms with Gasteiger partial charge in [0.05, 0.1) is 6.04 Å². The van der Waals surface area contributed by atoms with Gasteiger partial charge in [-0.25, -0.2) is 4.99 Å². The Bertz CT molecular complexity index is 1700. The number of nitrogens with zero attached hydrogens (tertiary/aromatic N) is 2. The van der Waals surface area contributed by atoms with Crippen molar-refractivity contribution >= 4 is 5.84 Å². The second-order valence-corrected chi connectivity index (χ2v) is 12.6. The van der Waals surface area contributed by atoms with Gasteiger partial charge in [-0.05, 0) is 66.0 Å².